The van der Waals surface area contributed by atoms with E-state index < -0.39 is 0 Å². The molecule has 2 aromatic heterocycles. The Morgan fingerprint density at radius 3 is 2.73 bits per heavy atom. The fourth-order valence-electron chi connectivity index (χ4n) is 1.12. The molecule has 0 saturated heterocycles. The number of thiol groups is 1. The summed E-state index contributed by atoms with van der Waals surface area (Å²) in [6.45, 7) is 0. The van der Waals surface area contributed by atoms with Crippen LogP contribution in [-0.4, -0.2) is 19.9 Å². The maximum Gasteiger partial charge on any atom is 0.223 e. The number of nitrogen functional groups attached to an aromatic ring is 1. The van der Waals surface area contributed by atoms with E-state index in [0.29, 0.717) is 23.1 Å². The van der Waals surface area contributed by atoms with Crippen molar-refractivity contribution in [2.24, 2.45) is 0 Å². The van der Waals surface area contributed by atoms with Gasteiger partial charge in [0.1, 0.15) is 11.5 Å². The summed E-state index contributed by atoms with van der Waals surface area (Å²) in [4.78, 5) is 16.3. The summed E-state index contributed by atoms with van der Waals surface area (Å²) in [5.74, 6) is 1.64. The van der Waals surface area contributed by atoms with Crippen LogP contribution in [0.2, 0.25) is 0 Å². The van der Waals surface area contributed by atoms with Crippen molar-refractivity contribution in [3.8, 4) is 11.5 Å². The monoisotopic (exact) mass is 219 g/mol. The summed E-state index contributed by atoms with van der Waals surface area (Å²) in [6.07, 6.45) is 1.68. The normalized spacial score (nSPS) is 10.2. The van der Waals surface area contributed by atoms with E-state index in [1.165, 1.54) is 0 Å². The first-order chi connectivity index (χ1) is 7.29. The Labute approximate surface area is 92.2 Å². The molecule has 0 aliphatic carbocycles. The first-order valence-electron chi connectivity index (χ1n) is 4.32. The third kappa shape index (κ3) is 2.21. The fraction of sp³-hybridized carbons (Fsp3) is 0.111. The van der Waals surface area contributed by atoms with Crippen LogP contribution >= 0.6 is 12.6 Å². The number of anilines is 1. The molecular formula is C9H9N5S. The van der Waals surface area contributed by atoms with Crippen LogP contribution in [0.25, 0.3) is 11.5 Å². The molecule has 0 bridgehead atoms. The van der Waals surface area contributed by atoms with Gasteiger partial charge >= 0.3 is 0 Å². The summed E-state index contributed by atoms with van der Waals surface area (Å²) in [5.41, 5.74) is 6.22. The Balaban J connectivity index is 2.49. The fourth-order valence-corrected chi connectivity index (χ4v) is 1.26. The molecule has 2 aromatic rings. The summed E-state index contributed by atoms with van der Waals surface area (Å²) in [6, 6.07) is 5.51. The van der Waals surface area contributed by atoms with Crippen molar-refractivity contribution in [3.05, 3.63) is 30.2 Å². The predicted octanol–water partition coefficient (Wildman–Crippen LogP) is 0.946. The quantitative estimate of drug-likeness (QED) is 0.735. The number of nitrogens with two attached hydrogens (primary N) is 1. The average molecular weight is 219 g/mol. The molecule has 15 heavy (non-hydrogen) atoms. The molecule has 5 nitrogen and oxygen atoms in total. The van der Waals surface area contributed by atoms with E-state index >= 15 is 0 Å². The van der Waals surface area contributed by atoms with Gasteiger partial charge in [-0.15, -0.1) is 0 Å². The van der Waals surface area contributed by atoms with Gasteiger partial charge in [0.05, 0.1) is 5.75 Å². The topological polar surface area (TPSA) is 77.6 Å². The van der Waals surface area contributed by atoms with E-state index in [9.17, 15) is 0 Å². The minimum absolute atomic E-state index is 0.190. The van der Waals surface area contributed by atoms with Gasteiger partial charge < -0.3 is 5.73 Å². The van der Waals surface area contributed by atoms with Crippen LogP contribution in [0.5, 0.6) is 0 Å². The van der Waals surface area contributed by atoms with Gasteiger partial charge in [-0.3, -0.25) is 4.98 Å². The molecule has 0 aliphatic heterocycles. The van der Waals surface area contributed by atoms with Crippen molar-refractivity contribution in [1.29, 1.82) is 0 Å². The predicted molar refractivity (Wildman–Crippen MR) is 60.2 cm³/mol. The van der Waals surface area contributed by atoms with E-state index in [4.69, 9.17) is 5.73 Å². The maximum atomic E-state index is 5.55. The van der Waals surface area contributed by atoms with Crippen molar-refractivity contribution in [2.45, 2.75) is 5.75 Å². The number of hydrogen-bond acceptors (Lipinski definition) is 6. The van der Waals surface area contributed by atoms with Gasteiger partial charge in [0, 0.05) is 6.20 Å². The van der Waals surface area contributed by atoms with E-state index in [0.717, 1.165) is 0 Å². The summed E-state index contributed by atoms with van der Waals surface area (Å²) < 4.78 is 0. The molecular weight excluding hydrogens is 210 g/mol. The lowest BCUT2D eigenvalue weighted by Crippen LogP contribution is -2.04. The highest BCUT2D eigenvalue weighted by atomic mass is 32.1. The van der Waals surface area contributed by atoms with Gasteiger partial charge in [-0.05, 0) is 12.1 Å². The second kappa shape index (κ2) is 4.22. The molecule has 0 atom stereocenters. The molecule has 0 radical (unpaired) electrons. The van der Waals surface area contributed by atoms with Crippen molar-refractivity contribution < 1.29 is 0 Å². The van der Waals surface area contributed by atoms with E-state index in [1.54, 1.807) is 6.20 Å². The van der Waals surface area contributed by atoms with Gasteiger partial charge in [0.25, 0.3) is 0 Å². The molecule has 0 fully saturated rings. The Kier molecular flexibility index (Phi) is 2.77. The second-order valence-corrected chi connectivity index (χ2v) is 3.12. The van der Waals surface area contributed by atoms with Crippen LogP contribution in [0.4, 0.5) is 5.95 Å². The highest BCUT2D eigenvalue weighted by molar-refractivity contribution is 7.79. The Hall–Kier alpha value is -1.69. The van der Waals surface area contributed by atoms with Crippen LogP contribution in [0.3, 0.4) is 0 Å². The third-order valence-electron chi connectivity index (χ3n) is 1.73. The minimum atomic E-state index is 0.190. The van der Waals surface area contributed by atoms with Gasteiger partial charge in [-0.2, -0.15) is 22.6 Å². The zero-order chi connectivity index (χ0) is 10.7. The highest BCUT2D eigenvalue weighted by Crippen LogP contribution is 2.12. The average Bonchev–Trinajstić information content (AvgIpc) is 2.29. The number of pyridine rings is 1. The molecule has 0 aliphatic rings. The van der Waals surface area contributed by atoms with Crippen LogP contribution in [0.15, 0.2) is 24.4 Å². The molecule has 0 spiro atoms. The van der Waals surface area contributed by atoms with Crippen LogP contribution in [0.1, 0.15) is 5.82 Å². The van der Waals surface area contributed by atoms with E-state index in [-0.39, 0.29) is 5.95 Å². The van der Waals surface area contributed by atoms with Crippen molar-refractivity contribution in [2.75, 3.05) is 5.73 Å². The van der Waals surface area contributed by atoms with E-state index in [2.05, 4.69) is 32.6 Å². The lowest BCUT2D eigenvalue weighted by atomic mass is 10.3. The lowest BCUT2D eigenvalue weighted by molar-refractivity contribution is 0.977. The summed E-state index contributed by atoms with van der Waals surface area (Å²) in [7, 11) is 0. The first kappa shape index (κ1) is 9.85. The van der Waals surface area contributed by atoms with Crippen molar-refractivity contribution in [3.63, 3.8) is 0 Å². The van der Waals surface area contributed by atoms with Gasteiger partial charge in [0.2, 0.25) is 5.95 Å². The maximum absolute atomic E-state index is 5.55. The van der Waals surface area contributed by atoms with E-state index in [1.807, 2.05) is 18.2 Å². The van der Waals surface area contributed by atoms with Crippen molar-refractivity contribution in [1.82, 2.24) is 19.9 Å². The standard InChI is InChI=1S/C9H9N5S/c10-9-13-7(5-15)12-8(14-9)6-3-1-2-4-11-6/h1-4,15H,5H2,(H2,10,12,13,14). The Morgan fingerprint density at radius 1 is 1.20 bits per heavy atom. The van der Waals surface area contributed by atoms with Gasteiger partial charge in [-0.25, -0.2) is 4.98 Å². The molecule has 0 amide bonds. The zero-order valence-corrected chi connectivity index (χ0v) is 8.72. The Bertz CT molecular complexity index is 459. The number of aromatic nitrogens is 4. The molecule has 76 valence electrons. The number of rotatable bonds is 2. The molecule has 0 aromatic carbocycles. The van der Waals surface area contributed by atoms with Gasteiger partial charge in [0.15, 0.2) is 5.82 Å². The zero-order valence-electron chi connectivity index (χ0n) is 7.83. The molecule has 2 N–H and O–H groups in total. The lowest BCUT2D eigenvalue weighted by Gasteiger charge is -2.01. The highest BCUT2D eigenvalue weighted by Gasteiger charge is 2.05. The third-order valence-corrected chi connectivity index (χ3v) is 2.02. The first-order valence-corrected chi connectivity index (χ1v) is 4.95. The summed E-state index contributed by atoms with van der Waals surface area (Å²) >= 11 is 4.09. The second-order valence-electron chi connectivity index (χ2n) is 2.81. The molecule has 2 heterocycles. The minimum Gasteiger partial charge on any atom is -0.368 e. The van der Waals surface area contributed by atoms with Crippen molar-refractivity contribution >= 4 is 18.6 Å². The Morgan fingerprint density at radius 2 is 2.07 bits per heavy atom. The van der Waals surface area contributed by atoms with Crippen LogP contribution in [-0.2, 0) is 5.75 Å². The number of nitrogens with zero attached hydrogens (tertiary/aromatic N) is 4. The molecule has 6 heteroatoms. The van der Waals surface area contributed by atoms with Crippen LogP contribution < -0.4 is 5.73 Å². The summed E-state index contributed by atoms with van der Waals surface area (Å²) in [5, 5.41) is 0. The molecule has 0 saturated carbocycles. The smallest absolute Gasteiger partial charge is 0.223 e. The van der Waals surface area contributed by atoms with Gasteiger partial charge in [-0.1, -0.05) is 6.07 Å². The van der Waals surface area contributed by atoms with Crippen LogP contribution in [0, 0.1) is 0 Å². The molecule has 0 unspecified atom stereocenters. The largest absolute Gasteiger partial charge is 0.368 e. The molecule has 2 rings (SSSR count). The SMILES string of the molecule is Nc1nc(CS)nc(-c2ccccn2)n1. The number of hydrogen-bond donors (Lipinski definition) is 2.